The normalized spacial score (nSPS) is 11.4. The zero-order valence-corrected chi connectivity index (χ0v) is 18.5. The van der Waals surface area contributed by atoms with Crippen LogP contribution in [0.1, 0.15) is 15.9 Å². The van der Waals surface area contributed by atoms with E-state index in [1.54, 1.807) is 36.4 Å². The lowest BCUT2D eigenvalue weighted by atomic mass is 10.1. The van der Waals surface area contributed by atoms with E-state index < -0.39 is 10.0 Å². The van der Waals surface area contributed by atoms with E-state index in [2.05, 4.69) is 10.0 Å². The molecule has 0 fully saturated rings. The zero-order chi connectivity index (χ0) is 22.7. The molecule has 4 rings (SSSR count). The van der Waals surface area contributed by atoms with Crippen LogP contribution in [0.3, 0.4) is 0 Å². The van der Waals surface area contributed by atoms with Crippen LogP contribution in [0.2, 0.25) is 0 Å². The van der Waals surface area contributed by atoms with E-state index in [1.807, 2.05) is 42.1 Å². The Morgan fingerprint density at radius 1 is 0.969 bits per heavy atom. The van der Waals surface area contributed by atoms with E-state index >= 15 is 0 Å². The third kappa shape index (κ3) is 4.51. The number of carbonyl (C=O) groups excluding carboxylic acids is 1. The Morgan fingerprint density at radius 2 is 1.69 bits per heavy atom. The van der Waals surface area contributed by atoms with Crippen LogP contribution in [-0.4, -0.2) is 26.0 Å². The highest BCUT2D eigenvalue weighted by Crippen LogP contribution is 2.24. The second kappa shape index (κ2) is 8.86. The number of hydrogen-bond acceptors (Lipinski definition) is 4. The third-order valence-electron chi connectivity index (χ3n) is 5.23. The maximum atomic E-state index is 12.7. The summed E-state index contributed by atoms with van der Waals surface area (Å²) < 4.78 is 34.6. The van der Waals surface area contributed by atoms with Crippen LogP contribution in [0.25, 0.3) is 10.9 Å². The van der Waals surface area contributed by atoms with Crippen LogP contribution in [0, 0.1) is 0 Å². The Morgan fingerprint density at radius 3 is 2.38 bits per heavy atom. The predicted octanol–water partition coefficient (Wildman–Crippen LogP) is 3.92. The van der Waals surface area contributed by atoms with Gasteiger partial charge in [-0.3, -0.25) is 4.79 Å². The lowest BCUT2D eigenvalue weighted by molar-refractivity contribution is 0.102. The first-order valence-corrected chi connectivity index (χ1v) is 11.4. The van der Waals surface area contributed by atoms with Gasteiger partial charge in [-0.2, -0.15) is 0 Å². The molecule has 0 aliphatic rings. The minimum Gasteiger partial charge on any atom is -0.497 e. The summed E-state index contributed by atoms with van der Waals surface area (Å²) >= 11 is 0. The molecule has 164 valence electrons. The lowest BCUT2D eigenvalue weighted by Crippen LogP contribution is -2.23. The van der Waals surface area contributed by atoms with Gasteiger partial charge in [0.25, 0.3) is 5.91 Å². The number of sulfonamides is 1. The summed E-state index contributed by atoms with van der Waals surface area (Å²) in [6, 6.07) is 20.7. The summed E-state index contributed by atoms with van der Waals surface area (Å²) in [5.74, 6) is 0.355. The van der Waals surface area contributed by atoms with Gasteiger partial charge in [0, 0.05) is 36.3 Å². The van der Waals surface area contributed by atoms with E-state index in [1.165, 1.54) is 19.2 Å². The fourth-order valence-electron chi connectivity index (χ4n) is 3.40. The predicted molar refractivity (Wildman–Crippen MR) is 124 cm³/mol. The van der Waals surface area contributed by atoms with E-state index in [-0.39, 0.29) is 17.3 Å². The molecule has 0 bridgehead atoms. The van der Waals surface area contributed by atoms with Crippen LogP contribution in [0.15, 0.2) is 83.9 Å². The quantitative estimate of drug-likeness (QED) is 0.448. The van der Waals surface area contributed by atoms with Gasteiger partial charge >= 0.3 is 0 Å². The molecule has 0 aliphatic heterocycles. The molecule has 4 aromatic rings. The average molecular weight is 450 g/mol. The topological polar surface area (TPSA) is 89.4 Å². The molecule has 7 nitrogen and oxygen atoms in total. The molecule has 3 aromatic carbocycles. The number of fused-ring (bicyclic) bond motifs is 1. The molecule has 0 radical (unpaired) electrons. The maximum absolute atomic E-state index is 12.7. The number of benzene rings is 3. The molecule has 32 heavy (non-hydrogen) atoms. The fraction of sp³-hybridized carbons (Fsp3) is 0.125. The monoisotopic (exact) mass is 449 g/mol. The van der Waals surface area contributed by atoms with Crippen LogP contribution in [0.4, 0.5) is 5.69 Å². The van der Waals surface area contributed by atoms with Crippen LogP contribution < -0.4 is 14.8 Å². The number of methoxy groups -OCH3 is 1. The highest BCUT2D eigenvalue weighted by atomic mass is 32.2. The van der Waals surface area contributed by atoms with E-state index in [9.17, 15) is 13.2 Å². The third-order valence-corrected chi connectivity index (χ3v) is 6.65. The second-order valence-electron chi connectivity index (χ2n) is 7.32. The average Bonchev–Trinajstić information content (AvgIpc) is 3.20. The van der Waals surface area contributed by atoms with Gasteiger partial charge in [0.1, 0.15) is 5.75 Å². The molecule has 0 spiro atoms. The minimum absolute atomic E-state index is 0.111. The number of anilines is 1. The number of aryl methyl sites for hydroxylation is 1. The lowest BCUT2D eigenvalue weighted by Gasteiger charge is -2.09. The molecule has 8 heteroatoms. The number of nitrogens with one attached hydrogen (secondary N) is 2. The molecule has 1 heterocycles. The highest BCUT2D eigenvalue weighted by molar-refractivity contribution is 7.89. The van der Waals surface area contributed by atoms with Gasteiger partial charge in [-0.1, -0.05) is 18.2 Å². The van der Waals surface area contributed by atoms with Crippen molar-refractivity contribution in [3.63, 3.8) is 0 Å². The van der Waals surface area contributed by atoms with Crippen molar-refractivity contribution < 1.29 is 17.9 Å². The Bertz CT molecular complexity index is 1360. The summed E-state index contributed by atoms with van der Waals surface area (Å²) in [6.45, 7) is 0.111. The fourth-order valence-corrected chi connectivity index (χ4v) is 4.41. The van der Waals surface area contributed by atoms with Crippen LogP contribution in [-0.2, 0) is 23.6 Å². The molecule has 1 aromatic heterocycles. The van der Waals surface area contributed by atoms with E-state index in [4.69, 9.17) is 4.74 Å². The number of hydrogen-bond donors (Lipinski definition) is 2. The number of ether oxygens (including phenoxy) is 1. The van der Waals surface area contributed by atoms with Gasteiger partial charge in [-0.05, 0) is 60.2 Å². The van der Waals surface area contributed by atoms with Gasteiger partial charge in [0.05, 0.1) is 17.7 Å². The zero-order valence-electron chi connectivity index (χ0n) is 17.7. The molecule has 0 saturated heterocycles. The summed E-state index contributed by atoms with van der Waals surface area (Å²) in [7, 11) is -0.181. The molecule has 0 atom stereocenters. The number of rotatable bonds is 7. The minimum atomic E-state index is -3.66. The molecule has 0 saturated carbocycles. The molecular formula is C24H23N3O4S. The first kappa shape index (κ1) is 21.6. The highest BCUT2D eigenvalue weighted by Gasteiger charge is 2.14. The summed E-state index contributed by atoms with van der Waals surface area (Å²) in [5.41, 5.74) is 3.00. The van der Waals surface area contributed by atoms with Gasteiger partial charge in [0.2, 0.25) is 10.0 Å². The largest absolute Gasteiger partial charge is 0.497 e. The Kier molecular flexibility index (Phi) is 5.98. The maximum Gasteiger partial charge on any atom is 0.255 e. The molecule has 0 aliphatic carbocycles. The standard InChI is InChI=1S/C24H23N3O4S/c1-27-15-14-21-22(4-3-5-23(21)27)26-24(28)18-8-6-17(7-9-18)16-25-32(29,30)20-12-10-19(31-2)11-13-20/h3-15,25H,16H2,1-2H3,(H,26,28). The van der Waals surface area contributed by atoms with Crippen molar-refractivity contribution in [1.82, 2.24) is 9.29 Å². The molecule has 1 amide bonds. The molecular weight excluding hydrogens is 426 g/mol. The number of carbonyl (C=O) groups is 1. The Hall–Kier alpha value is -3.62. The SMILES string of the molecule is COc1ccc(S(=O)(=O)NCc2ccc(C(=O)Nc3cccc4c3ccn4C)cc2)cc1. The molecule has 0 unspecified atom stereocenters. The summed E-state index contributed by atoms with van der Waals surface area (Å²) in [6.07, 6.45) is 1.95. The van der Waals surface area contributed by atoms with E-state index in [0.29, 0.717) is 11.3 Å². The van der Waals surface area contributed by atoms with Crippen molar-refractivity contribution in [3.8, 4) is 5.75 Å². The first-order chi connectivity index (χ1) is 15.4. The summed E-state index contributed by atoms with van der Waals surface area (Å²) in [4.78, 5) is 12.8. The van der Waals surface area contributed by atoms with Crippen molar-refractivity contribution >= 4 is 32.5 Å². The Labute approximate surface area is 186 Å². The van der Waals surface area contributed by atoms with Gasteiger partial charge in [-0.15, -0.1) is 0 Å². The van der Waals surface area contributed by atoms with Crippen LogP contribution in [0.5, 0.6) is 5.75 Å². The van der Waals surface area contributed by atoms with Crippen molar-refractivity contribution in [2.24, 2.45) is 7.05 Å². The Balaban J connectivity index is 1.41. The van der Waals surface area contributed by atoms with Crippen molar-refractivity contribution in [3.05, 3.63) is 90.1 Å². The van der Waals surface area contributed by atoms with Gasteiger partial charge in [-0.25, -0.2) is 13.1 Å². The number of aromatic nitrogens is 1. The first-order valence-electron chi connectivity index (χ1n) is 9.95. The van der Waals surface area contributed by atoms with Gasteiger partial charge < -0.3 is 14.6 Å². The summed E-state index contributed by atoms with van der Waals surface area (Å²) in [5, 5.41) is 3.91. The number of nitrogens with zero attached hydrogens (tertiary/aromatic N) is 1. The second-order valence-corrected chi connectivity index (χ2v) is 9.08. The number of amides is 1. The van der Waals surface area contributed by atoms with Crippen molar-refractivity contribution in [1.29, 1.82) is 0 Å². The van der Waals surface area contributed by atoms with E-state index in [0.717, 1.165) is 22.2 Å². The smallest absolute Gasteiger partial charge is 0.255 e. The van der Waals surface area contributed by atoms with Crippen molar-refractivity contribution in [2.45, 2.75) is 11.4 Å². The van der Waals surface area contributed by atoms with Crippen LogP contribution >= 0.6 is 0 Å². The van der Waals surface area contributed by atoms with Crippen molar-refractivity contribution in [2.75, 3.05) is 12.4 Å². The van der Waals surface area contributed by atoms with Gasteiger partial charge in [0.15, 0.2) is 0 Å². The molecule has 2 N–H and O–H groups in total.